The molecule has 0 saturated heterocycles. The van der Waals surface area contributed by atoms with Gasteiger partial charge in [0.2, 0.25) is 0 Å². The Labute approximate surface area is 177 Å². The van der Waals surface area contributed by atoms with Crippen molar-refractivity contribution >= 4 is 5.96 Å². The van der Waals surface area contributed by atoms with E-state index in [9.17, 15) is 0 Å². The lowest BCUT2D eigenvalue weighted by Gasteiger charge is -2.14. The third-order valence-electron chi connectivity index (χ3n) is 4.42. The predicted molar refractivity (Wildman–Crippen MR) is 120 cm³/mol. The third-order valence-corrected chi connectivity index (χ3v) is 4.42. The Balaban J connectivity index is 1.63. The van der Waals surface area contributed by atoms with Crippen molar-refractivity contribution in [2.75, 3.05) is 13.2 Å². The van der Waals surface area contributed by atoms with Crippen LogP contribution in [-0.4, -0.2) is 33.6 Å². The van der Waals surface area contributed by atoms with Gasteiger partial charge < -0.3 is 15.4 Å². The van der Waals surface area contributed by atoms with Gasteiger partial charge in [0.15, 0.2) is 5.96 Å². The van der Waals surface area contributed by atoms with E-state index in [1.54, 1.807) is 12.3 Å². The van der Waals surface area contributed by atoms with Gasteiger partial charge in [0, 0.05) is 37.2 Å². The largest absolute Gasteiger partial charge is 0.489 e. The zero-order valence-electron chi connectivity index (χ0n) is 17.5. The van der Waals surface area contributed by atoms with Gasteiger partial charge in [0.1, 0.15) is 24.0 Å². The van der Waals surface area contributed by atoms with E-state index in [2.05, 4.69) is 32.2 Å². The number of para-hydroxylation sites is 1. The summed E-state index contributed by atoms with van der Waals surface area (Å²) in [4.78, 5) is 13.4. The molecule has 3 rings (SSSR count). The number of aromatic nitrogens is 3. The second-order valence-electron chi connectivity index (χ2n) is 6.63. The molecule has 2 aromatic heterocycles. The second-order valence-corrected chi connectivity index (χ2v) is 6.63. The molecule has 0 unspecified atom stereocenters. The number of aryl methyl sites for hydroxylation is 1. The highest BCUT2D eigenvalue weighted by molar-refractivity contribution is 5.79. The van der Waals surface area contributed by atoms with Crippen molar-refractivity contribution in [1.29, 1.82) is 0 Å². The van der Waals surface area contributed by atoms with Crippen molar-refractivity contribution in [2.24, 2.45) is 4.99 Å². The molecular weight excluding hydrogens is 376 g/mol. The fourth-order valence-electron chi connectivity index (χ4n) is 2.90. The molecule has 0 radical (unpaired) electrons. The third kappa shape index (κ3) is 5.70. The Morgan fingerprint density at radius 3 is 2.77 bits per heavy atom. The highest BCUT2D eigenvalue weighted by atomic mass is 16.5. The van der Waals surface area contributed by atoms with E-state index in [1.165, 1.54) is 0 Å². The van der Waals surface area contributed by atoms with E-state index in [4.69, 9.17) is 4.74 Å². The van der Waals surface area contributed by atoms with Crippen LogP contribution < -0.4 is 15.4 Å². The van der Waals surface area contributed by atoms with Crippen LogP contribution in [0.1, 0.15) is 23.9 Å². The van der Waals surface area contributed by atoms with Gasteiger partial charge in [0.25, 0.3) is 0 Å². The molecule has 0 aliphatic rings. The number of guanidine groups is 1. The van der Waals surface area contributed by atoms with Gasteiger partial charge >= 0.3 is 0 Å². The van der Waals surface area contributed by atoms with Crippen LogP contribution in [0.2, 0.25) is 0 Å². The molecule has 0 spiro atoms. The topological polar surface area (TPSA) is 76.4 Å². The molecule has 156 valence electrons. The van der Waals surface area contributed by atoms with Gasteiger partial charge in [0.05, 0.1) is 6.54 Å². The van der Waals surface area contributed by atoms with Crippen LogP contribution in [0.5, 0.6) is 5.75 Å². The van der Waals surface area contributed by atoms with Gasteiger partial charge in [-0.05, 0) is 31.5 Å². The smallest absolute Gasteiger partial charge is 0.191 e. The number of nitrogens with zero attached hydrogens (tertiary/aromatic N) is 4. The van der Waals surface area contributed by atoms with Crippen LogP contribution in [0.3, 0.4) is 0 Å². The molecular formula is C23H28N6O. The summed E-state index contributed by atoms with van der Waals surface area (Å²) in [5, 5.41) is 6.64. The number of hydrogen-bond acceptors (Lipinski definition) is 4. The maximum atomic E-state index is 5.73. The number of benzene rings is 1. The molecule has 0 fully saturated rings. The minimum absolute atomic E-state index is 0.479. The maximum Gasteiger partial charge on any atom is 0.191 e. The van der Waals surface area contributed by atoms with E-state index >= 15 is 0 Å². The molecule has 7 nitrogen and oxygen atoms in total. The minimum atomic E-state index is 0.479. The normalized spacial score (nSPS) is 11.2. The van der Waals surface area contributed by atoms with Gasteiger partial charge in [-0.25, -0.2) is 15.0 Å². The molecule has 2 N–H and O–H groups in total. The Kier molecular flexibility index (Phi) is 7.60. The SMILES string of the molecule is C=CCOc1ccccc1CNC(=NCc1ccc(-n2ccnc2C)nc1)NCC. The average molecular weight is 405 g/mol. The van der Waals surface area contributed by atoms with Crippen LogP contribution in [0, 0.1) is 6.92 Å². The van der Waals surface area contributed by atoms with E-state index in [0.717, 1.165) is 41.0 Å². The second kappa shape index (κ2) is 10.8. The first-order chi connectivity index (χ1) is 14.7. The minimum Gasteiger partial charge on any atom is -0.489 e. The lowest BCUT2D eigenvalue weighted by molar-refractivity contribution is 0.358. The summed E-state index contributed by atoms with van der Waals surface area (Å²) >= 11 is 0. The van der Waals surface area contributed by atoms with Crippen molar-refractivity contribution in [3.05, 3.63) is 84.6 Å². The summed E-state index contributed by atoms with van der Waals surface area (Å²) in [6.45, 7) is 10.1. The van der Waals surface area contributed by atoms with Crippen molar-refractivity contribution in [3.63, 3.8) is 0 Å². The van der Waals surface area contributed by atoms with E-state index in [1.807, 2.05) is 67.2 Å². The number of imidazole rings is 1. The predicted octanol–water partition coefficient (Wildman–Crippen LogP) is 3.40. The van der Waals surface area contributed by atoms with E-state index in [-0.39, 0.29) is 0 Å². The van der Waals surface area contributed by atoms with E-state index in [0.29, 0.717) is 19.7 Å². The van der Waals surface area contributed by atoms with Gasteiger partial charge in [-0.3, -0.25) is 4.57 Å². The Morgan fingerprint density at radius 1 is 1.20 bits per heavy atom. The van der Waals surface area contributed by atoms with Crippen molar-refractivity contribution in [2.45, 2.75) is 26.9 Å². The first-order valence-corrected chi connectivity index (χ1v) is 10.00. The Hall–Kier alpha value is -3.61. The quantitative estimate of drug-likeness (QED) is 0.325. The Morgan fingerprint density at radius 2 is 2.07 bits per heavy atom. The number of aliphatic imine (C=N–C) groups is 1. The molecule has 2 heterocycles. The lowest BCUT2D eigenvalue weighted by atomic mass is 10.2. The number of rotatable bonds is 9. The van der Waals surface area contributed by atoms with Gasteiger partial charge in [-0.1, -0.05) is 36.9 Å². The number of nitrogens with one attached hydrogen (secondary N) is 2. The lowest BCUT2D eigenvalue weighted by Crippen LogP contribution is -2.36. The molecule has 3 aromatic rings. The fraction of sp³-hybridized carbons (Fsp3) is 0.261. The van der Waals surface area contributed by atoms with Crippen LogP contribution in [0.4, 0.5) is 0 Å². The molecule has 30 heavy (non-hydrogen) atoms. The van der Waals surface area contributed by atoms with Crippen molar-refractivity contribution < 1.29 is 4.74 Å². The summed E-state index contributed by atoms with van der Waals surface area (Å²) in [6.07, 6.45) is 7.26. The molecule has 0 saturated carbocycles. The van der Waals surface area contributed by atoms with Crippen LogP contribution >= 0.6 is 0 Å². The van der Waals surface area contributed by atoms with E-state index < -0.39 is 0 Å². The zero-order valence-corrected chi connectivity index (χ0v) is 17.5. The highest BCUT2D eigenvalue weighted by Crippen LogP contribution is 2.17. The van der Waals surface area contributed by atoms with Crippen LogP contribution in [0.15, 0.2) is 72.6 Å². The van der Waals surface area contributed by atoms with Crippen molar-refractivity contribution in [1.82, 2.24) is 25.2 Å². The Bertz CT molecular complexity index is 977. The number of hydrogen-bond donors (Lipinski definition) is 2. The zero-order chi connectivity index (χ0) is 21.2. The summed E-state index contributed by atoms with van der Waals surface area (Å²) in [5.41, 5.74) is 2.09. The molecule has 1 aromatic carbocycles. The van der Waals surface area contributed by atoms with Gasteiger partial charge in [-0.2, -0.15) is 0 Å². The average Bonchev–Trinajstić information content (AvgIpc) is 3.21. The molecule has 0 atom stereocenters. The van der Waals surface area contributed by atoms with Crippen molar-refractivity contribution in [3.8, 4) is 11.6 Å². The van der Waals surface area contributed by atoms with Crippen LogP contribution in [0.25, 0.3) is 5.82 Å². The first kappa shape index (κ1) is 21.1. The first-order valence-electron chi connectivity index (χ1n) is 10.00. The maximum absolute atomic E-state index is 5.73. The molecule has 0 aliphatic heterocycles. The standard InChI is InChI=1S/C23H28N6O/c1-4-14-30-21-9-7-6-8-20(21)17-28-23(24-5-2)27-16-19-10-11-22(26-15-19)29-13-12-25-18(29)3/h4,6-13,15H,1,5,14,16-17H2,2-3H3,(H2,24,27,28). The monoisotopic (exact) mass is 404 g/mol. The van der Waals surface area contributed by atoms with Crippen LogP contribution in [-0.2, 0) is 13.1 Å². The highest BCUT2D eigenvalue weighted by Gasteiger charge is 2.05. The number of pyridine rings is 1. The molecule has 0 bridgehead atoms. The van der Waals surface area contributed by atoms with Gasteiger partial charge in [-0.15, -0.1) is 0 Å². The molecule has 0 amide bonds. The summed E-state index contributed by atoms with van der Waals surface area (Å²) in [6, 6.07) is 12.0. The molecule has 7 heteroatoms. The fourth-order valence-corrected chi connectivity index (χ4v) is 2.90. The number of ether oxygens (including phenoxy) is 1. The summed E-state index contributed by atoms with van der Waals surface area (Å²) < 4.78 is 7.67. The molecule has 0 aliphatic carbocycles. The summed E-state index contributed by atoms with van der Waals surface area (Å²) in [7, 11) is 0. The summed E-state index contributed by atoms with van der Waals surface area (Å²) in [5.74, 6) is 3.34.